The first-order valence-corrected chi connectivity index (χ1v) is 8.17. The van der Waals surface area contributed by atoms with Gasteiger partial charge in [0, 0.05) is 5.92 Å². The van der Waals surface area contributed by atoms with Gasteiger partial charge < -0.3 is 9.47 Å². The quantitative estimate of drug-likeness (QED) is 0.603. The molecule has 3 rings (SSSR count). The lowest BCUT2D eigenvalue weighted by molar-refractivity contribution is 0.306. The van der Waals surface area contributed by atoms with Crippen LogP contribution < -0.4 is 9.47 Å². The number of ether oxygens (including phenoxy) is 2. The summed E-state index contributed by atoms with van der Waals surface area (Å²) in [6.45, 7) is 2.79. The van der Waals surface area contributed by atoms with E-state index in [4.69, 9.17) is 9.47 Å². The highest BCUT2D eigenvalue weighted by molar-refractivity contribution is 5.38. The van der Waals surface area contributed by atoms with Gasteiger partial charge in [-0.3, -0.25) is 0 Å². The van der Waals surface area contributed by atoms with E-state index in [1.165, 1.54) is 16.7 Å². The monoisotopic (exact) mass is 318 g/mol. The fraction of sp³-hybridized carbons (Fsp3) is 0.182. The third-order valence-electron chi connectivity index (χ3n) is 4.22. The first-order chi connectivity index (χ1) is 11.8. The van der Waals surface area contributed by atoms with Gasteiger partial charge in [0.2, 0.25) is 0 Å². The van der Waals surface area contributed by atoms with Gasteiger partial charge in [-0.1, -0.05) is 61.5 Å². The maximum Gasteiger partial charge on any atom is 0.120 e. The highest BCUT2D eigenvalue weighted by Gasteiger charge is 2.09. The molecule has 24 heavy (non-hydrogen) atoms. The topological polar surface area (TPSA) is 18.5 Å². The zero-order valence-corrected chi connectivity index (χ0v) is 14.1. The Bertz CT molecular complexity index is 763. The summed E-state index contributed by atoms with van der Waals surface area (Å²) in [5, 5.41) is 0. The number of hydrogen-bond acceptors (Lipinski definition) is 2. The summed E-state index contributed by atoms with van der Waals surface area (Å²) >= 11 is 0. The minimum absolute atomic E-state index is 0.302. The Labute approximate surface area is 143 Å². The van der Waals surface area contributed by atoms with Crippen molar-refractivity contribution in [1.29, 1.82) is 0 Å². The van der Waals surface area contributed by atoms with Crippen LogP contribution >= 0.6 is 0 Å². The van der Waals surface area contributed by atoms with Gasteiger partial charge in [-0.15, -0.1) is 0 Å². The number of benzene rings is 3. The maximum absolute atomic E-state index is 5.94. The average Bonchev–Trinajstić information content (AvgIpc) is 2.67. The zero-order chi connectivity index (χ0) is 16.8. The van der Waals surface area contributed by atoms with Crippen molar-refractivity contribution in [2.75, 3.05) is 7.11 Å². The minimum Gasteiger partial charge on any atom is -0.497 e. The fourth-order valence-electron chi connectivity index (χ4n) is 2.70. The van der Waals surface area contributed by atoms with Crippen LogP contribution in [0.1, 0.15) is 29.5 Å². The van der Waals surface area contributed by atoms with Crippen molar-refractivity contribution in [1.82, 2.24) is 0 Å². The summed E-state index contributed by atoms with van der Waals surface area (Å²) in [6.07, 6.45) is 0. The second-order valence-electron chi connectivity index (χ2n) is 5.84. The van der Waals surface area contributed by atoms with E-state index in [-0.39, 0.29) is 0 Å². The maximum atomic E-state index is 5.94. The van der Waals surface area contributed by atoms with Crippen LogP contribution in [0.25, 0.3) is 0 Å². The van der Waals surface area contributed by atoms with Gasteiger partial charge in [0.25, 0.3) is 0 Å². The van der Waals surface area contributed by atoms with E-state index in [0.29, 0.717) is 12.5 Å². The van der Waals surface area contributed by atoms with Crippen molar-refractivity contribution >= 4 is 0 Å². The van der Waals surface area contributed by atoms with Gasteiger partial charge in [-0.25, -0.2) is 0 Å². The van der Waals surface area contributed by atoms with Crippen molar-refractivity contribution < 1.29 is 9.47 Å². The molecule has 0 fully saturated rings. The summed E-state index contributed by atoms with van der Waals surface area (Å²) in [6, 6.07) is 26.8. The van der Waals surface area contributed by atoms with E-state index in [0.717, 1.165) is 11.5 Å². The van der Waals surface area contributed by atoms with E-state index in [2.05, 4.69) is 49.4 Å². The van der Waals surface area contributed by atoms with Crippen molar-refractivity contribution in [3.8, 4) is 11.5 Å². The lowest BCUT2D eigenvalue weighted by Gasteiger charge is -2.15. The van der Waals surface area contributed by atoms with Crippen LogP contribution in [0.5, 0.6) is 11.5 Å². The van der Waals surface area contributed by atoms with Gasteiger partial charge in [0.15, 0.2) is 0 Å². The van der Waals surface area contributed by atoms with Crippen molar-refractivity contribution in [2.24, 2.45) is 0 Å². The molecule has 2 nitrogen and oxygen atoms in total. The minimum atomic E-state index is 0.302. The molecule has 3 aromatic rings. The first kappa shape index (κ1) is 16.1. The summed E-state index contributed by atoms with van der Waals surface area (Å²) < 4.78 is 11.2. The predicted molar refractivity (Wildman–Crippen MR) is 97.7 cm³/mol. The lowest BCUT2D eigenvalue weighted by atomic mass is 9.93. The van der Waals surface area contributed by atoms with Crippen molar-refractivity contribution in [2.45, 2.75) is 19.4 Å². The van der Waals surface area contributed by atoms with E-state index in [1.54, 1.807) is 7.11 Å². The molecule has 1 unspecified atom stereocenters. The molecule has 1 atom stereocenters. The molecule has 0 spiro atoms. The van der Waals surface area contributed by atoms with Crippen molar-refractivity contribution in [3.05, 3.63) is 95.6 Å². The molecule has 0 aromatic heterocycles. The molecule has 3 aromatic carbocycles. The third kappa shape index (κ3) is 3.96. The average molecular weight is 318 g/mol. The molecule has 2 heteroatoms. The Morgan fingerprint density at radius 2 is 1.50 bits per heavy atom. The Hall–Kier alpha value is -2.74. The van der Waals surface area contributed by atoms with Gasteiger partial charge in [-0.05, 0) is 41.0 Å². The molecular formula is C22H22O2. The fourth-order valence-corrected chi connectivity index (χ4v) is 2.70. The Balaban J connectivity index is 1.71. The molecule has 0 aliphatic rings. The van der Waals surface area contributed by atoms with Crippen LogP contribution in [0.15, 0.2) is 78.9 Å². The summed E-state index contributed by atoms with van der Waals surface area (Å²) in [7, 11) is 1.69. The van der Waals surface area contributed by atoms with E-state index in [9.17, 15) is 0 Å². The molecule has 0 amide bonds. The molecule has 0 aliphatic heterocycles. The predicted octanol–water partition coefficient (Wildman–Crippen LogP) is 5.43. The van der Waals surface area contributed by atoms with E-state index < -0.39 is 0 Å². The largest absolute Gasteiger partial charge is 0.497 e. The highest BCUT2D eigenvalue weighted by Crippen LogP contribution is 2.28. The zero-order valence-electron chi connectivity index (χ0n) is 14.1. The van der Waals surface area contributed by atoms with Gasteiger partial charge in [0.1, 0.15) is 18.1 Å². The highest BCUT2D eigenvalue weighted by atomic mass is 16.5. The smallest absolute Gasteiger partial charge is 0.120 e. The molecular weight excluding hydrogens is 296 g/mol. The molecule has 0 aliphatic carbocycles. The number of hydrogen-bond donors (Lipinski definition) is 0. The molecule has 0 radical (unpaired) electrons. The summed E-state index contributed by atoms with van der Waals surface area (Å²) in [5.74, 6) is 2.08. The second kappa shape index (κ2) is 7.69. The third-order valence-corrected chi connectivity index (χ3v) is 4.22. The molecule has 122 valence electrons. The summed E-state index contributed by atoms with van der Waals surface area (Å²) in [4.78, 5) is 0. The Morgan fingerprint density at radius 3 is 2.21 bits per heavy atom. The van der Waals surface area contributed by atoms with Crippen LogP contribution in [0, 0.1) is 0 Å². The SMILES string of the molecule is COc1ccc(C(C)c2cccc(OCc3ccccc3)c2)cc1. The molecule has 0 N–H and O–H groups in total. The molecule has 0 saturated heterocycles. The Kier molecular flexibility index (Phi) is 5.17. The lowest BCUT2D eigenvalue weighted by Crippen LogP contribution is -1.99. The normalized spacial score (nSPS) is 11.8. The van der Waals surface area contributed by atoms with Crippen LogP contribution in [0.4, 0.5) is 0 Å². The standard InChI is InChI=1S/C22H22O2/c1-17(19-11-13-21(23-2)14-12-19)20-9-6-10-22(15-20)24-16-18-7-4-3-5-8-18/h3-15,17H,16H2,1-2H3. The molecule has 0 heterocycles. The first-order valence-electron chi connectivity index (χ1n) is 8.17. The molecule has 0 bridgehead atoms. The van der Waals surface area contributed by atoms with Gasteiger partial charge in [0.05, 0.1) is 7.11 Å². The van der Waals surface area contributed by atoms with Crippen LogP contribution in [0.3, 0.4) is 0 Å². The van der Waals surface area contributed by atoms with Gasteiger partial charge >= 0.3 is 0 Å². The van der Waals surface area contributed by atoms with Gasteiger partial charge in [-0.2, -0.15) is 0 Å². The summed E-state index contributed by atoms with van der Waals surface area (Å²) in [5.41, 5.74) is 3.67. The molecule has 0 saturated carbocycles. The number of rotatable bonds is 6. The number of methoxy groups -OCH3 is 1. The Morgan fingerprint density at radius 1 is 0.750 bits per heavy atom. The van der Waals surface area contributed by atoms with Crippen LogP contribution in [-0.2, 0) is 6.61 Å². The van der Waals surface area contributed by atoms with E-state index in [1.807, 2.05) is 36.4 Å². The van der Waals surface area contributed by atoms with Crippen LogP contribution in [0.2, 0.25) is 0 Å². The van der Waals surface area contributed by atoms with Crippen molar-refractivity contribution in [3.63, 3.8) is 0 Å². The second-order valence-corrected chi connectivity index (χ2v) is 5.84. The van der Waals surface area contributed by atoms with E-state index >= 15 is 0 Å². The van der Waals surface area contributed by atoms with Crippen LogP contribution in [-0.4, -0.2) is 7.11 Å².